The molecule has 0 aliphatic carbocycles. The number of rotatable bonds is 3. The Morgan fingerprint density at radius 3 is 2.10 bits per heavy atom. The lowest BCUT2D eigenvalue weighted by atomic mass is 9.97. The molecular weight excluding hydrogens is 277 g/mol. The number of halogens is 5. The van der Waals surface area contributed by atoms with Gasteiger partial charge in [-0.1, -0.05) is 6.07 Å². The van der Waals surface area contributed by atoms with Crippen molar-refractivity contribution < 1.29 is 22.0 Å². The molecule has 0 amide bonds. The van der Waals surface area contributed by atoms with Crippen LogP contribution in [0.15, 0.2) is 30.3 Å². The van der Waals surface area contributed by atoms with Gasteiger partial charge in [0.1, 0.15) is 11.6 Å². The van der Waals surface area contributed by atoms with Gasteiger partial charge in [0.15, 0.2) is 17.5 Å². The quantitative estimate of drug-likeness (QED) is 0.670. The minimum Gasteiger partial charge on any atom is -0.309 e. The van der Waals surface area contributed by atoms with E-state index in [1.54, 1.807) is 0 Å². The van der Waals surface area contributed by atoms with Gasteiger partial charge >= 0.3 is 0 Å². The Labute approximate surface area is 112 Å². The first-order chi connectivity index (χ1) is 9.45. The molecule has 1 unspecified atom stereocenters. The van der Waals surface area contributed by atoms with Gasteiger partial charge in [0.2, 0.25) is 0 Å². The van der Waals surface area contributed by atoms with E-state index < -0.39 is 35.1 Å². The van der Waals surface area contributed by atoms with Gasteiger partial charge < -0.3 is 5.32 Å². The van der Waals surface area contributed by atoms with Gasteiger partial charge in [-0.15, -0.1) is 0 Å². The SMILES string of the molecule is CNC(c1cc(F)ccc1F)c1ccc(F)c(F)c1F. The first-order valence-corrected chi connectivity index (χ1v) is 5.71. The van der Waals surface area contributed by atoms with Crippen molar-refractivity contribution in [2.45, 2.75) is 6.04 Å². The Morgan fingerprint density at radius 2 is 1.45 bits per heavy atom. The second kappa shape index (κ2) is 5.58. The van der Waals surface area contributed by atoms with E-state index in [1.165, 1.54) is 7.05 Å². The maximum Gasteiger partial charge on any atom is 0.194 e. The van der Waals surface area contributed by atoms with E-state index in [9.17, 15) is 22.0 Å². The largest absolute Gasteiger partial charge is 0.309 e. The van der Waals surface area contributed by atoms with Gasteiger partial charge in [0.05, 0.1) is 6.04 Å². The molecule has 1 N–H and O–H groups in total. The fraction of sp³-hybridized carbons (Fsp3) is 0.143. The minimum absolute atomic E-state index is 0.197. The van der Waals surface area contributed by atoms with Crippen molar-refractivity contribution >= 4 is 0 Å². The third kappa shape index (κ3) is 2.51. The summed E-state index contributed by atoms with van der Waals surface area (Å²) in [5, 5.41) is 2.55. The topological polar surface area (TPSA) is 12.0 Å². The van der Waals surface area contributed by atoms with Crippen LogP contribution in [0.2, 0.25) is 0 Å². The molecule has 106 valence electrons. The van der Waals surface area contributed by atoms with Crippen molar-refractivity contribution in [1.29, 1.82) is 0 Å². The summed E-state index contributed by atoms with van der Waals surface area (Å²) in [4.78, 5) is 0. The molecule has 0 aliphatic heterocycles. The van der Waals surface area contributed by atoms with Crippen molar-refractivity contribution in [3.63, 3.8) is 0 Å². The van der Waals surface area contributed by atoms with E-state index in [0.717, 1.165) is 30.3 Å². The molecule has 20 heavy (non-hydrogen) atoms. The Bertz CT molecular complexity index is 642. The maximum atomic E-state index is 13.7. The molecule has 0 fully saturated rings. The van der Waals surface area contributed by atoms with Gasteiger partial charge in [-0.2, -0.15) is 0 Å². The molecule has 6 heteroatoms. The van der Waals surface area contributed by atoms with Crippen molar-refractivity contribution in [1.82, 2.24) is 5.32 Å². The van der Waals surface area contributed by atoms with Crippen molar-refractivity contribution in [3.05, 3.63) is 70.5 Å². The molecule has 2 rings (SSSR count). The lowest BCUT2D eigenvalue weighted by Crippen LogP contribution is -2.21. The fourth-order valence-corrected chi connectivity index (χ4v) is 1.98. The summed E-state index contributed by atoms with van der Waals surface area (Å²) >= 11 is 0. The predicted octanol–water partition coefficient (Wildman–Crippen LogP) is 3.69. The minimum atomic E-state index is -1.65. The standard InChI is InChI=1S/C14H10F5N/c1-20-14(9-6-7(15)2-4-10(9)16)8-3-5-11(17)13(19)12(8)18/h2-6,14,20H,1H3. The summed E-state index contributed by atoms with van der Waals surface area (Å²) in [5.41, 5.74) is -0.506. The van der Waals surface area contributed by atoms with Gasteiger partial charge in [-0.3, -0.25) is 0 Å². The highest BCUT2D eigenvalue weighted by atomic mass is 19.2. The number of benzene rings is 2. The zero-order chi connectivity index (χ0) is 14.9. The normalized spacial score (nSPS) is 12.5. The molecule has 1 nitrogen and oxygen atoms in total. The van der Waals surface area contributed by atoms with Crippen molar-refractivity contribution in [2.24, 2.45) is 0 Å². The van der Waals surface area contributed by atoms with Crippen LogP contribution in [0.4, 0.5) is 22.0 Å². The fourth-order valence-electron chi connectivity index (χ4n) is 1.98. The summed E-state index contributed by atoms with van der Waals surface area (Å²) in [6.45, 7) is 0. The van der Waals surface area contributed by atoms with Gasteiger partial charge in [-0.05, 0) is 31.3 Å². The number of hydrogen-bond donors (Lipinski definition) is 1. The average molecular weight is 287 g/mol. The van der Waals surface area contributed by atoms with Crippen LogP contribution < -0.4 is 5.32 Å². The highest BCUT2D eigenvalue weighted by molar-refractivity contribution is 5.34. The monoisotopic (exact) mass is 287 g/mol. The first-order valence-electron chi connectivity index (χ1n) is 5.71. The van der Waals surface area contributed by atoms with E-state index in [4.69, 9.17) is 0 Å². The molecule has 0 saturated carbocycles. The van der Waals surface area contributed by atoms with E-state index >= 15 is 0 Å². The molecule has 0 aromatic heterocycles. The molecule has 0 radical (unpaired) electrons. The summed E-state index contributed by atoms with van der Waals surface area (Å²) in [6, 6.07) is 3.24. The van der Waals surface area contributed by atoms with Crippen LogP contribution in [0.3, 0.4) is 0 Å². The third-order valence-electron chi connectivity index (χ3n) is 2.93. The van der Waals surface area contributed by atoms with E-state index in [2.05, 4.69) is 5.32 Å². The van der Waals surface area contributed by atoms with Crippen LogP contribution in [-0.4, -0.2) is 7.05 Å². The summed E-state index contributed by atoms with van der Waals surface area (Å²) in [5.74, 6) is -5.94. The van der Waals surface area contributed by atoms with Crippen LogP contribution in [0.25, 0.3) is 0 Å². The lowest BCUT2D eigenvalue weighted by molar-refractivity contribution is 0.433. The molecule has 2 aromatic rings. The summed E-state index contributed by atoms with van der Waals surface area (Å²) < 4.78 is 66.8. The molecule has 0 bridgehead atoms. The van der Waals surface area contributed by atoms with Crippen LogP contribution in [0.5, 0.6) is 0 Å². The third-order valence-corrected chi connectivity index (χ3v) is 2.93. The molecule has 0 aliphatic rings. The van der Waals surface area contributed by atoms with E-state index in [1.807, 2.05) is 0 Å². The first kappa shape index (κ1) is 14.5. The van der Waals surface area contributed by atoms with Gasteiger partial charge in [0.25, 0.3) is 0 Å². The highest BCUT2D eigenvalue weighted by Crippen LogP contribution is 2.28. The Balaban J connectivity index is 2.58. The molecule has 0 spiro atoms. The summed E-state index contributed by atoms with van der Waals surface area (Å²) in [6.07, 6.45) is 0. The van der Waals surface area contributed by atoms with Crippen LogP contribution >= 0.6 is 0 Å². The smallest absolute Gasteiger partial charge is 0.194 e. The van der Waals surface area contributed by atoms with E-state index in [-0.39, 0.29) is 11.1 Å². The molecule has 0 saturated heterocycles. The molecule has 1 atom stereocenters. The second-order valence-electron chi connectivity index (χ2n) is 4.15. The van der Waals surface area contributed by atoms with Crippen LogP contribution in [0, 0.1) is 29.1 Å². The predicted molar refractivity (Wildman–Crippen MR) is 63.6 cm³/mol. The average Bonchev–Trinajstić information content (AvgIpc) is 2.43. The highest BCUT2D eigenvalue weighted by Gasteiger charge is 2.23. The molecule has 2 aromatic carbocycles. The van der Waals surface area contributed by atoms with E-state index in [0.29, 0.717) is 0 Å². The molecular formula is C14H10F5N. The van der Waals surface area contributed by atoms with Crippen LogP contribution in [-0.2, 0) is 0 Å². The van der Waals surface area contributed by atoms with Crippen molar-refractivity contribution in [2.75, 3.05) is 7.05 Å². The summed E-state index contributed by atoms with van der Waals surface area (Å²) in [7, 11) is 1.37. The van der Waals surface area contributed by atoms with Crippen LogP contribution in [0.1, 0.15) is 17.2 Å². The van der Waals surface area contributed by atoms with Crippen molar-refractivity contribution in [3.8, 4) is 0 Å². The maximum absolute atomic E-state index is 13.7. The van der Waals surface area contributed by atoms with Gasteiger partial charge in [0, 0.05) is 11.1 Å². The number of hydrogen-bond acceptors (Lipinski definition) is 1. The number of nitrogens with one attached hydrogen (secondary N) is 1. The van der Waals surface area contributed by atoms with Gasteiger partial charge in [-0.25, -0.2) is 22.0 Å². The Morgan fingerprint density at radius 1 is 0.800 bits per heavy atom. The Kier molecular flexibility index (Phi) is 4.04. The lowest BCUT2D eigenvalue weighted by Gasteiger charge is -2.19. The Hall–Kier alpha value is -1.95. The zero-order valence-electron chi connectivity index (χ0n) is 10.4. The zero-order valence-corrected chi connectivity index (χ0v) is 10.4. The second-order valence-corrected chi connectivity index (χ2v) is 4.15. The molecule has 0 heterocycles.